The Morgan fingerprint density at radius 1 is 1.18 bits per heavy atom. The summed E-state index contributed by atoms with van der Waals surface area (Å²) in [5, 5.41) is 9.06. The Morgan fingerprint density at radius 2 is 1.96 bits per heavy atom. The van der Waals surface area contributed by atoms with Gasteiger partial charge in [0.25, 0.3) is 0 Å². The highest BCUT2D eigenvalue weighted by Crippen LogP contribution is 2.26. The first-order valence-electron chi connectivity index (χ1n) is 8.81. The van der Waals surface area contributed by atoms with Crippen LogP contribution >= 0.6 is 36.4 Å². The summed E-state index contributed by atoms with van der Waals surface area (Å²) in [6.07, 6.45) is 1.83. The second-order valence-electron chi connectivity index (χ2n) is 6.17. The van der Waals surface area contributed by atoms with Crippen molar-refractivity contribution >= 4 is 53.3 Å². The van der Waals surface area contributed by atoms with Crippen molar-refractivity contribution in [2.75, 3.05) is 37.7 Å². The molecule has 0 amide bonds. The normalized spacial score (nSPS) is 13.7. The van der Waals surface area contributed by atoms with Crippen molar-refractivity contribution in [3.63, 3.8) is 0 Å². The summed E-state index contributed by atoms with van der Waals surface area (Å²) < 4.78 is 7.44. The lowest BCUT2D eigenvalue weighted by molar-refractivity contribution is 0.340. The average Bonchev–Trinajstić information content (AvgIpc) is 3.05. The standard InChI is InChI=1S/C18H21ClN6O.2ClH/c1-2-26-14-5-3-4-13(10-14)12-25-17-15(11-21-25)16(22-18(19)23-17)24-8-6-20-7-9-24;;/h3-5,10-11,20H,2,6-9,12H2,1H3;2*1H. The number of fused-ring (bicyclic) bond motifs is 1. The van der Waals surface area contributed by atoms with Gasteiger partial charge in [0.2, 0.25) is 5.28 Å². The Hall–Kier alpha value is -1.80. The SMILES string of the molecule is CCOc1cccc(Cn2ncc3c(N4CCNCC4)nc(Cl)nc32)c1.Cl.Cl. The van der Waals surface area contributed by atoms with Crippen LogP contribution in [0.4, 0.5) is 5.82 Å². The highest BCUT2D eigenvalue weighted by atomic mass is 35.5. The zero-order valence-corrected chi connectivity index (χ0v) is 17.9. The topological polar surface area (TPSA) is 68.1 Å². The Bertz CT molecular complexity index is 913. The fraction of sp³-hybridized carbons (Fsp3) is 0.389. The molecule has 1 N–H and O–H groups in total. The number of benzene rings is 1. The van der Waals surface area contributed by atoms with E-state index >= 15 is 0 Å². The summed E-state index contributed by atoms with van der Waals surface area (Å²) in [7, 11) is 0. The number of hydrogen-bond donors (Lipinski definition) is 1. The first kappa shape index (κ1) is 22.5. The highest BCUT2D eigenvalue weighted by Gasteiger charge is 2.19. The minimum absolute atomic E-state index is 0. The zero-order chi connectivity index (χ0) is 17.9. The van der Waals surface area contributed by atoms with Gasteiger partial charge >= 0.3 is 0 Å². The molecule has 3 aromatic rings. The number of ether oxygens (including phenoxy) is 1. The fourth-order valence-electron chi connectivity index (χ4n) is 3.22. The lowest BCUT2D eigenvalue weighted by Crippen LogP contribution is -2.44. The summed E-state index contributed by atoms with van der Waals surface area (Å²) >= 11 is 6.22. The van der Waals surface area contributed by atoms with Gasteiger partial charge in [0, 0.05) is 26.2 Å². The first-order chi connectivity index (χ1) is 12.7. The van der Waals surface area contributed by atoms with Crippen molar-refractivity contribution in [3.05, 3.63) is 41.3 Å². The monoisotopic (exact) mass is 444 g/mol. The Morgan fingerprint density at radius 3 is 2.71 bits per heavy atom. The molecule has 0 radical (unpaired) electrons. The van der Waals surface area contributed by atoms with Crippen molar-refractivity contribution in [1.29, 1.82) is 0 Å². The van der Waals surface area contributed by atoms with Gasteiger partial charge < -0.3 is 15.0 Å². The van der Waals surface area contributed by atoms with Gasteiger partial charge in [-0.15, -0.1) is 24.8 Å². The molecule has 4 rings (SSSR count). The predicted molar refractivity (Wildman–Crippen MR) is 117 cm³/mol. The molecule has 0 spiro atoms. The van der Waals surface area contributed by atoms with Crippen LogP contribution in [0.15, 0.2) is 30.5 Å². The number of anilines is 1. The maximum Gasteiger partial charge on any atom is 0.226 e. The van der Waals surface area contributed by atoms with Crippen molar-refractivity contribution in [2.45, 2.75) is 13.5 Å². The number of aromatic nitrogens is 4. The maximum atomic E-state index is 6.22. The third-order valence-corrected chi connectivity index (χ3v) is 4.58. The lowest BCUT2D eigenvalue weighted by atomic mass is 10.2. The Labute approximate surface area is 181 Å². The van der Waals surface area contributed by atoms with Crippen LogP contribution in [0.5, 0.6) is 5.75 Å². The summed E-state index contributed by atoms with van der Waals surface area (Å²) in [5.74, 6) is 1.71. The van der Waals surface area contributed by atoms with Crippen molar-refractivity contribution in [2.24, 2.45) is 0 Å². The molecule has 2 aromatic heterocycles. The smallest absolute Gasteiger partial charge is 0.226 e. The number of piperazine rings is 1. The van der Waals surface area contributed by atoms with Gasteiger partial charge in [0.05, 0.1) is 24.7 Å². The number of halogens is 3. The lowest BCUT2D eigenvalue weighted by Gasteiger charge is -2.28. The molecule has 0 bridgehead atoms. The fourth-order valence-corrected chi connectivity index (χ4v) is 3.38. The third-order valence-electron chi connectivity index (χ3n) is 4.41. The second-order valence-corrected chi connectivity index (χ2v) is 6.51. The average molecular weight is 446 g/mol. The van der Waals surface area contributed by atoms with E-state index in [1.165, 1.54) is 0 Å². The van der Waals surface area contributed by atoms with Gasteiger partial charge in [0.15, 0.2) is 5.65 Å². The van der Waals surface area contributed by atoms with E-state index in [0.717, 1.165) is 54.3 Å². The van der Waals surface area contributed by atoms with E-state index in [1.54, 1.807) is 0 Å². The zero-order valence-electron chi connectivity index (χ0n) is 15.5. The van der Waals surface area contributed by atoms with Crippen LogP contribution < -0.4 is 15.0 Å². The maximum absolute atomic E-state index is 6.22. The summed E-state index contributed by atoms with van der Waals surface area (Å²) in [5.41, 5.74) is 1.85. The van der Waals surface area contributed by atoms with E-state index < -0.39 is 0 Å². The Kier molecular flexibility index (Phi) is 8.12. The second kappa shape index (κ2) is 10.1. The van der Waals surface area contributed by atoms with Gasteiger partial charge in [-0.3, -0.25) is 0 Å². The van der Waals surface area contributed by atoms with E-state index in [4.69, 9.17) is 16.3 Å². The van der Waals surface area contributed by atoms with Crippen LogP contribution in [0.2, 0.25) is 5.28 Å². The first-order valence-corrected chi connectivity index (χ1v) is 9.19. The summed E-state index contributed by atoms with van der Waals surface area (Å²) in [4.78, 5) is 11.1. The molecule has 3 heterocycles. The van der Waals surface area contributed by atoms with Crippen LogP contribution in [0.1, 0.15) is 12.5 Å². The van der Waals surface area contributed by atoms with Crippen LogP contribution in [0, 0.1) is 0 Å². The van der Waals surface area contributed by atoms with Crippen LogP contribution in [0.3, 0.4) is 0 Å². The molecule has 7 nitrogen and oxygen atoms in total. The van der Waals surface area contributed by atoms with Crippen molar-refractivity contribution < 1.29 is 4.74 Å². The van der Waals surface area contributed by atoms with Crippen molar-refractivity contribution in [1.82, 2.24) is 25.1 Å². The molecule has 0 atom stereocenters. The number of nitrogens with one attached hydrogen (secondary N) is 1. The molecule has 1 aliphatic rings. The molecule has 1 aliphatic heterocycles. The molecular weight excluding hydrogens is 423 g/mol. The van der Waals surface area contributed by atoms with E-state index in [1.807, 2.05) is 36.0 Å². The van der Waals surface area contributed by atoms with Crippen LogP contribution in [0.25, 0.3) is 11.0 Å². The van der Waals surface area contributed by atoms with Gasteiger partial charge in [-0.1, -0.05) is 12.1 Å². The molecule has 1 saturated heterocycles. The molecule has 1 aromatic carbocycles. The molecule has 152 valence electrons. The van der Waals surface area contributed by atoms with Gasteiger partial charge in [-0.2, -0.15) is 15.1 Å². The predicted octanol–water partition coefficient (Wildman–Crippen LogP) is 3.18. The minimum atomic E-state index is 0. The molecule has 0 saturated carbocycles. The number of hydrogen-bond acceptors (Lipinski definition) is 6. The molecule has 28 heavy (non-hydrogen) atoms. The van der Waals surface area contributed by atoms with Crippen LogP contribution in [-0.2, 0) is 6.54 Å². The van der Waals surface area contributed by atoms with Gasteiger partial charge in [-0.25, -0.2) is 4.68 Å². The Balaban J connectivity index is 0.00000140. The van der Waals surface area contributed by atoms with Gasteiger partial charge in [0.1, 0.15) is 11.6 Å². The molecular formula is C18H23Cl3N6O. The van der Waals surface area contributed by atoms with E-state index in [9.17, 15) is 0 Å². The largest absolute Gasteiger partial charge is 0.494 e. The van der Waals surface area contributed by atoms with E-state index in [-0.39, 0.29) is 30.1 Å². The van der Waals surface area contributed by atoms with Crippen molar-refractivity contribution in [3.8, 4) is 5.75 Å². The summed E-state index contributed by atoms with van der Waals surface area (Å²) in [6, 6.07) is 8.02. The van der Waals surface area contributed by atoms with E-state index in [2.05, 4.69) is 31.3 Å². The molecule has 10 heteroatoms. The quantitative estimate of drug-likeness (QED) is 0.608. The van der Waals surface area contributed by atoms with Gasteiger partial charge in [-0.05, 0) is 36.2 Å². The summed E-state index contributed by atoms with van der Waals surface area (Å²) in [6.45, 7) is 6.87. The molecule has 0 unspecified atom stereocenters. The highest BCUT2D eigenvalue weighted by molar-refractivity contribution is 6.28. The molecule has 1 fully saturated rings. The van der Waals surface area contributed by atoms with E-state index in [0.29, 0.717) is 13.2 Å². The number of nitrogens with zero attached hydrogens (tertiary/aromatic N) is 5. The molecule has 0 aliphatic carbocycles. The minimum Gasteiger partial charge on any atom is -0.494 e. The van der Waals surface area contributed by atoms with Crippen LogP contribution in [-0.4, -0.2) is 52.5 Å². The number of rotatable bonds is 5. The third kappa shape index (κ3) is 4.78.